The van der Waals surface area contributed by atoms with Gasteiger partial charge < -0.3 is 29.2 Å². The van der Waals surface area contributed by atoms with Gasteiger partial charge in [-0.25, -0.2) is 4.79 Å². The van der Waals surface area contributed by atoms with Crippen LogP contribution in [0.2, 0.25) is 0 Å². The predicted octanol–water partition coefficient (Wildman–Crippen LogP) is 4.75. The van der Waals surface area contributed by atoms with Crippen molar-refractivity contribution < 1.29 is 32.2 Å². The van der Waals surface area contributed by atoms with Crippen LogP contribution in [-0.4, -0.2) is 81.1 Å². The molecule has 2 aliphatic rings. The Balaban J connectivity index is 1.50. The van der Waals surface area contributed by atoms with Crippen molar-refractivity contribution in [3.05, 3.63) is 57.8 Å². The number of anilines is 2. The normalized spacial score (nSPS) is 17.5. The Morgan fingerprint density at radius 2 is 1.74 bits per heavy atom. The molecule has 12 nitrogen and oxygen atoms in total. The Morgan fingerprint density at radius 1 is 1.06 bits per heavy atom. The summed E-state index contributed by atoms with van der Waals surface area (Å²) in [6.45, 7) is 8.30. The number of nitrogens with zero attached hydrogens (tertiary/aromatic N) is 6. The van der Waals surface area contributed by atoms with E-state index in [0.717, 1.165) is 24.1 Å². The van der Waals surface area contributed by atoms with Crippen molar-refractivity contribution in [2.24, 2.45) is 0 Å². The zero-order chi connectivity index (χ0) is 34.1. The molecule has 1 fully saturated rings. The lowest BCUT2D eigenvalue weighted by Crippen LogP contribution is -2.51. The summed E-state index contributed by atoms with van der Waals surface area (Å²) in [5, 5.41) is 7.26. The van der Waals surface area contributed by atoms with E-state index in [1.165, 1.54) is 16.6 Å². The molecule has 1 atom stereocenters. The van der Waals surface area contributed by atoms with E-state index in [-0.39, 0.29) is 24.1 Å². The lowest BCUT2D eigenvalue weighted by atomic mass is 9.97. The van der Waals surface area contributed by atoms with Crippen LogP contribution >= 0.6 is 0 Å². The molecule has 0 bridgehead atoms. The summed E-state index contributed by atoms with van der Waals surface area (Å²) in [4.78, 5) is 48.4. The van der Waals surface area contributed by atoms with Gasteiger partial charge in [-0.1, -0.05) is 13.0 Å². The smallest absolute Gasteiger partial charge is 0.416 e. The quantitative estimate of drug-likeness (QED) is 0.386. The monoisotopic (exact) mass is 659 g/mol. The summed E-state index contributed by atoms with van der Waals surface area (Å²) in [7, 11) is 1.66. The van der Waals surface area contributed by atoms with Crippen LogP contribution in [-0.2, 0) is 33.4 Å². The lowest BCUT2D eigenvalue weighted by Gasteiger charge is -2.37. The van der Waals surface area contributed by atoms with Gasteiger partial charge >= 0.3 is 12.3 Å². The third-order valence-electron chi connectivity index (χ3n) is 8.19. The summed E-state index contributed by atoms with van der Waals surface area (Å²) in [5.41, 5.74) is 0.0869. The highest BCUT2D eigenvalue weighted by atomic mass is 19.4. The summed E-state index contributed by atoms with van der Waals surface area (Å²) in [6, 6.07) is 4.18. The molecular weight excluding hydrogens is 619 g/mol. The first-order chi connectivity index (χ1) is 22.2. The maximum absolute atomic E-state index is 14.1. The highest BCUT2D eigenvalue weighted by Gasteiger charge is 2.32. The van der Waals surface area contributed by atoms with Gasteiger partial charge in [-0.15, -0.1) is 5.10 Å². The number of fused-ring (bicyclic) bond motifs is 1. The topological polar surface area (TPSA) is 123 Å². The Morgan fingerprint density at radius 3 is 2.30 bits per heavy atom. The molecule has 1 unspecified atom stereocenters. The van der Waals surface area contributed by atoms with Gasteiger partial charge in [-0.2, -0.15) is 22.7 Å². The molecule has 0 spiro atoms. The van der Waals surface area contributed by atoms with Crippen molar-refractivity contribution in [3.8, 4) is 0 Å². The van der Waals surface area contributed by atoms with Crippen molar-refractivity contribution in [2.75, 3.05) is 43.5 Å². The van der Waals surface area contributed by atoms with Crippen LogP contribution in [0.4, 0.5) is 29.3 Å². The molecule has 2 aromatic heterocycles. The summed E-state index contributed by atoms with van der Waals surface area (Å²) in [5.74, 6) is 0.0351. The number of ether oxygens (including phenoxy) is 2. The first kappa shape index (κ1) is 33.9. The van der Waals surface area contributed by atoms with E-state index < -0.39 is 34.9 Å². The number of methoxy groups -OCH3 is 1. The molecule has 1 aliphatic carbocycles. The number of hydrogen-bond donors (Lipinski definition) is 1. The number of piperazine rings is 1. The molecule has 3 aromatic rings. The fourth-order valence-corrected chi connectivity index (χ4v) is 5.82. The van der Waals surface area contributed by atoms with Crippen LogP contribution in [0.15, 0.2) is 35.1 Å². The Kier molecular flexibility index (Phi) is 9.66. The predicted molar refractivity (Wildman–Crippen MR) is 169 cm³/mol. The van der Waals surface area contributed by atoms with Crippen LogP contribution in [0.5, 0.6) is 0 Å². The summed E-state index contributed by atoms with van der Waals surface area (Å²) >= 11 is 0. The number of amides is 2. The number of rotatable bonds is 7. The average molecular weight is 660 g/mol. The first-order valence-corrected chi connectivity index (χ1v) is 15.6. The molecule has 3 heterocycles. The van der Waals surface area contributed by atoms with E-state index in [1.807, 2.05) is 17.9 Å². The number of carbonyl (C=O) groups excluding carboxylic acids is 2. The van der Waals surface area contributed by atoms with E-state index in [2.05, 4.69) is 10.4 Å². The molecule has 2 amide bonds. The summed E-state index contributed by atoms with van der Waals surface area (Å²) < 4.78 is 53.0. The van der Waals surface area contributed by atoms with Crippen LogP contribution in [0.25, 0.3) is 11.4 Å². The van der Waals surface area contributed by atoms with Gasteiger partial charge in [0.1, 0.15) is 17.8 Å². The van der Waals surface area contributed by atoms with Crippen molar-refractivity contribution in [3.63, 3.8) is 0 Å². The number of nitrogens with one attached hydrogen (secondary N) is 1. The minimum atomic E-state index is -4.50. The maximum atomic E-state index is 14.1. The Bertz CT molecular complexity index is 1720. The van der Waals surface area contributed by atoms with E-state index in [4.69, 9.17) is 14.5 Å². The fourth-order valence-electron chi connectivity index (χ4n) is 5.82. The minimum absolute atomic E-state index is 0.0855. The van der Waals surface area contributed by atoms with Gasteiger partial charge in [-0.3, -0.25) is 9.59 Å². The van der Waals surface area contributed by atoms with Gasteiger partial charge in [0.15, 0.2) is 5.82 Å². The molecule has 1 aliphatic heterocycles. The Hall–Kier alpha value is -4.40. The van der Waals surface area contributed by atoms with Crippen LogP contribution in [0.1, 0.15) is 64.0 Å². The van der Waals surface area contributed by atoms with E-state index in [0.29, 0.717) is 62.6 Å². The highest BCUT2D eigenvalue weighted by Crippen LogP contribution is 2.30. The average Bonchev–Trinajstić information content (AvgIpc) is 3.47. The molecule has 47 heavy (non-hydrogen) atoms. The second-order valence-corrected chi connectivity index (χ2v) is 12.6. The molecule has 0 saturated carbocycles. The molecule has 254 valence electrons. The largest absolute Gasteiger partial charge is 0.444 e. The third-order valence-corrected chi connectivity index (χ3v) is 8.19. The number of alkyl halides is 3. The highest BCUT2D eigenvalue weighted by molar-refractivity contribution is 5.91. The number of hydrogen-bond acceptors (Lipinski definition) is 8. The minimum Gasteiger partial charge on any atom is -0.444 e. The number of benzene rings is 1. The number of halogens is 3. The molecule has 15 heteroatoms. The van der Waals surface area contributed by atoms with Gasteiger partial charge in [-0.05, 0) is 76.3 Å². The molecule has 5 rings (SSSR count). The first-order valence-electron chi connectivity index (χ1n) is 15.6. The zero-order valence-corrected chi connectivity index (χ0v) is 27.2. The lowest BCUT2D eigenvalue weighted by molar-refractivity contribution is -0.137. The second kappa shape index (κ2) is 13.4. The molecule has 0 radical (unpaired) electrons. The number of allylic oxidation sites excluding steroid dienone is 1. The van der Waals surface area contributed by atoms with Crippen LogP contribution in [0, 0.1) is 0 Å². The number of aromatic nitrogens is 4. The molecular formula is C32H40F3N7O5. The van der Waals surface area contributed by atoms with Crippen molar-refractivity contribution in [2.45, 2.75) is 77.8 Å². The van der Waals surface area contributed by atoms with Gasteiger partial charge in [0.2, 0.25) is 11.7 Å². The van der Waals surface area contributed by atoms with Crippen molar-refractivity contribution in [1.82, 2.24) is 24.1 Å². The fraction of sp³-hybridized carbons (Fsp3) is 0.531. The van der Waals surface area contributed by atoms with Gasteiger partial charge in [0.25, 0.3) is 5.56 Å². The standard InChI is InChI=1S/C32H40F3N7O5/c1-6-24-26(39-15-17-40(18-16-39)30(45)47-31(2,3)4)28(44)42-29(37-27(38-42)20-7-13-23(46-5)14-8-20)41(24)19-25(43)36-22-11-9-21(10-12-22)32(33,34)35/h7,9-12,23H,6,8,13-19H2,1-5H3,(H,36,43). The SMILES string of the molecule is CCc1c(N2CCN(C(=O)OC(C)(C)C)CC2)c(=O)n2nc(C3=CCC(OC)CC3)nc2n1CC(=O)Nc1ccc(C(F)(F)F)cc1. The maximum Gasteiger partial charge on any atom is 0.416 e. The van der Waals surface area contributed by atoms with Crippen LogP contribution in [0.3, 0.4) is 0 Å². The number of carbonyl (C=O) groups is 2. The van der Waals surface area contributed by atoms with E-state index in [1.54, 1.807) is 37.3 Å². The van der Waals surface area contributed by atoms with E-state index >= 15 is 0 Å². The van der Waals surface area contributed by atoms with Crippen LogP contribution < -0.4 is 15.8 Å². The third kappa shape index (κ3) is 7.61. The van der Waals surface area contributed by atoms with Gasteiger partial charge in [0.05, 0.1) is 17.4 Å². The van der Waals surface area contributed by atoms with Gasteiger partial charge in [0, 0.05) is 39.0 Å². The van der Waals surface area contributed by atoms with Crippen molar-refractivity contribution in [1.29, 1.82) is 0 Å². The van der Waals surface area contributed by atoms with Crippen molar-refractivity contribution >= 4 is 34.7 Å². The van der Waals surface area contributed by atoms with E-state index in [9.17, 15) is 27.6 Å². The second-order valence-electron chi connectivity index (χ2n) is 12.6. The zero-order valence-electron chi connectivity index (χ0n) is 27.2. The molecule has 1 aromatic carbocycles. The molecule has 1 saturated heterocycles. The molecule has 1 N–H and O–H groups in total. The Labute approximate surface area is 270 Å². The summed E-state index contributed by atoms with van der Waals surface area (Å²) in [6.07, 6.45) is -0.395.